The Morgan fingerprint density at radius 1 is 1.14 bits per heavy atom. The summed E-state index contributed by atoms with van der Waals surface area (Å²) in [4.78, 5) is 39.0. The lowest BCUT2D eigenvalue weighted by Crippen LogP contribution is -2.27. The fourth-order valence-electron chi connectivity index (χ4n) is 3.27. The summed E-state index contributed by atoms with van der Waals surface area (Å²) in [6.45, 7) is -0.159. The van der Waals surface area contributed by atoms with Crippen molar-refractivity contribution in [1.29, 1.82) is 0 Å². The predicted molar refractivity (Wildman–Crippen MR) is 140 cm³/mol. The van der Waals surface area contributed by atoms with Gasteiger partial charge < -0.3 is 9.47 Å². The smallest absolute Gasteiger partial charge is 0.343 e. The van der Waals surface area contributed by atoms with Crippen molar-refractivity contribution in [1.82, 2.24) is 4.90 Å². The number of hydrogen-bond acceptors (Lipinski definition) is 6. The van der Waals surface area contributed by atoms with Crippen LogP contribution >= 0.6 is 46.0 Å². The first-order valence-corrected chi connectivity index (χ1v) is 12.4. The van der Waals surface area contributed by atoms with E-state index >= 15 is 0 Å². The average molecular weight is 624 g/mol. The summed E-state index contributed by atoms with van der Waals surface area (Å²) in [5.74, 6) is -1.14. The molecule has 0 radical (unpaired) electrons. The molecule has 1 aliphatic rings. The molecule has 3 aromatic carbocycles. The summed E-state index contributed by atoms with van der Waals surface area (Å²) in [6.07, 6.45) is 1.54. The summed E-state index contributed by atoms with van der Waals surface area (Å²) < 4.78 is 25.5. The quantitative estimate of drug-likeness (QED) is 0.134. The van der Waals surface area contributed by atoms with Gasteiger partial charge in [0.15, 0.2) is 11.5 Å². The zero-order valence-electron chi connectivity index (χ0n) is 18.1. The maximum atomic E-state index is 14.0. The van der Waals surface area contributed by atoms with E-state index in [2.05, 4.69) is 0 Å². The van der Waals surface area contributed by atoms with Gasteiger partial charge in [-0.15, -0.1) is 0 Å². The SMILES string of the molecule is COc1cc(/C=C2\SC(=O)N(Cc3ccccc3F)C2=O)cc(I)c1OC(=O)c1cccc(Cl)c1. The molecule has 1 heterocycles. The van der Waals surface area contributed by atoms with Gasteiger partial charge in [0, 0.05) is 10.6 Å². The standard InChI is InChI=1S/C25H16ClFINO5S/c1-33-20-10-14(9-19(28)22(20)34-24(31)15-6-4-7-17(26)12-15)11-21-23(30)29(25(32)35-21)13-16-5-2-3-8-18(16)27/h2-12H,13H2,1H3/b21-11-. The lowest BCUT2D eigenvalue weighted by Gasteiger charge is -2.13. The first kappa shape index (κ1) is 25.2. The van der Waals surface area contributed by atoms with Crippen LogP contribution in [0.2, 0.25) is 5.02 Å². The molecule has 0 atom stereocenters. The first-order chi connectivity index (χ1) is 16.8. The van der Waals surface area contributed by atoms with E-state index in [1.54, 1.807) is 42.5 Å². The highest BCUT2D eigenvalue weighted by atomic mass is 127. The van der Waals surface area contributed by atoms with Gasteiger partial charge in [0.05, 0.1) is 27.7 Å². The lowest BCUT2D eigenvalue weighted by atomic mass is 10.1. The summed E-state index contributed by atoms with van der Waals surface area (Å²) in [7, 11) is 1.42. The summed E-state index contributed by atoms with van der Waals surface area (Å²) in [5, 5.41) is -0.0846. The number of halogens is 3. The number of thioether (sulfide) groups is 1. The van der Waals surface area contributed by atoms with Crippen LogP contribution in [0.25, 0.3) is 6.08 Å². The Kier molecular flexibility index (Phi) is 7.78. The summed E-state index contributed by atoms with van der Waals surface area (Å²) in [5.41, 5.74) is 1.09. The molecular weight excluding hydrogens is 608 g/mol. The van der Waals surface area contributed by atoms with Crippen molar-refractivity contribution in [2.45, 2.75) is 6.54 Å². The Morgan fingerprint density at radius 2 is 1.91 bits per heavy atom. The van der Waals surface area contributed by atoms with Gasteiger partial charge in [-0.05, 0) is 82.4 Å². The zero-order valence-corrected chi connectivity index (χ0v) is 21.8. The molecule has 1 fully saturated rings. The minimum absolute atomic E-state index is 0.159. The second kappa shape index (κ2) is 10.8. The topological polar surface area (TPSA) is 72.9 Å². The van der Waals surface area contributed by atoms with E-state index in [0.29, 0.717) is 14.2 Å². The molecule has 178 valence electrons. The minimum Gasteiger partial charge on any atom is -0.493 e. The number of amides is 2. The number of methoxy groups -OCH3 is 1. The van der Waals surface area contributed by atoms with Crippen LogP contribution in [-0.4, -0.2) is 29.1 Å². The molecule has 0 aliphatic carbocycles. The number of carbonyl (C=O) groups is 3. The lowest BCUT2D eigenvalue weighted by molar-refractivity contribution is -0.123. The largest absolute Gasteiger partial charge is 0.493 e. The highest BCUT2D eigenvalue weighted by Crippen LogP contribution is 2.38. The van der Waals surface area contributed by atoms with Crippen molar-refractivity contribution in [3.8, 4) is 11.5 Å². The van der Waals surface area contributed by atoms with Gasteiger partial charge >= 0.3 is 5.97 Å². The first-order valence-electron chi connectivity index (χ1n) is 10.1. The van der Waals surface area contributed by atoms with Crippen LogP contribution in [-0.2, 0) is 11.3 Å². The third-order valence-electron chi connectivity index (χ3n) is 4.96. The van der Waals surface area contributed by atoms with Gasteiger partial charge in [0.25, 0.3) is 11.1 Å². The summed E-state index contributed by atoms with van der Waals surface area (Å²) >= 11 is 8.71. The van der Waals surface area contributed by atoms with Crippen molar-refractivity contribution >= 4 is 69.1 Å². The van der Waals surface area contributed by atoms with Gasteiger partial charge in [0.2, 0.25) is 0 Å². The van der Waals surface area contributed by atoms with Crippen molar-refractivity contribution in [2.24, 2.45) is 0 Å². The molecule has 35 heavy (non-hydrogen) atoms. The zero-order chi connectivity index (χ0) is 25.1. The molecule has 0 saturated carbocycles. The second-order valence-corrected chi connectivity index (χ2v) is 9.89. The van der Waals surface area contributed by atoms with E-state index in [-0.39, 0.29) is 34.1 Å². The van der Waals surface area contributed by atoms with Gasteiger partial charge in [-0.3, -0.25) is 14.5 Å². The summed E-state index contributed by atoms with van der Waals surface area (Å²) in [6, 6.07) is 15.6. The van der Waals surface area contributed by atoms with Crippen molar-refractivity contribution in [3.63, 3.8) is 0 Å². The Morgan fingerprint density at radius 3 is 2.63 bits per heavy atom. The molecule has 0 spiro atoms. The number of carbonyl (C=O) groups excluding carboxylic acids is 3. The van der Waals surface area contributed by atoms with Crippen LogP contribution in [0.3, 0.4) is 0 Å². The van der Waals surface area contributed by atoms with Crippen LogP contribution in [0.1, 0.15) is 21.5 Å². The van der Waals surface area contributed by atoms with Gasteiger partial charge in [0.1, 0.15) is 5.82 Å². The van der Waals surface area contributed by atoms with E-state index in [9.17, 15) is 18.8 Å². The molecule has 1 saturated heterocycles. The third-order valence-corrected chi connectivity index (χ3v) is 6.91. The third kappa shape index (κ3) is 5.68. The van der Waals surface area contributed by atoms with E-state index in [0.717, 1.165) is 16.7 Å². The van der Waals surface area contributed by atoms with Gasteiger partial charge in [-0.25, -0.2) is 9.18 Å². The average Bonchev–Trinajstić information content (AvgIpc) is 3.09. The fourth-order valence-corrected chi connectivity index (χ4v) is 5.04. The molecule has 2 amide bonds. The number of hydrogen-bond donors (Lipinski definition) is 0. The molecule has 10 heteroatoms. The van der Waals surface area contributed by atoms with Crippen molar-refractivity contribution in [2.75, 3.05) is 7.11 Å². The Balaban J connectivity index is 1.57. The normalized spacial score (nSPS) is 14.5. The van der Waals surface area contributed by atoms with E-state index in [4.69, 9.17) is 21.1 Å². The molecular formula is C25H16ClFINO5S. The van der Waals surface area contributed by atoms with E-state index in [1.807, 2.05) is 22.6 Å². The highest BCUT2D eigenvalue weighted by molar-refractivity contribution is 14.1. The second-order valence-electron chi connectivity index (χ2n) is 7.29. The maximum Gasteiger partial charge on any atom is 0.343 e. The van der Waals surface area contributed by atoms with Crippen molar-refractivity contribution < 1.29 is 28.2 Å². The molecule has 0 N–H and O–H groups in total. The number of esters is 1. The van der Waals surface area contributed by atoms with Crippen LogP contribution < -0.4 is 9.47 Å². The Bertz CT molecular complexity index is 1380. The number of benzene rings is 3. The van der Waals surface area contributed by atoms with Crippen LogP contribution in [0.15, 0.2) is 65.6 Å². The van der Waals surface area contributed by atoms with Gasteiger partial charge in [-0.1, -0.05) is 35.9 Å². The molecule has 6 nitrogen and oxygen atoms in total. The molecule has 3 aromatic rings. The molecule has 1 aliphatic heterocycles. The number of rotatable bonds is 6. The number of nitrogens with zero attached hydrogens (tertiary/aromatic N) is 1. The maximum absolute atomic E-state index is 14.0. The Labute approximate surface area is 223 Å². The monoisotopic (exact) mass is 623 g/mol. The van der Waals surface area contributed by atoms with Crippen LogP contribution in [0, 0.1) is 9.39 Å². The van der Waals surface area contributed by atoms with Crippen LogP contribution in [0.4, 0.5) is 9.18 Å². The molecule has 0 aromatic heterocycles. The predicted octanol–water partition coefficient (Wildman–Crippen LogP) is 6.55. The van der Waals surface area contributed by atoms with E-state index in [1.165, 1.54) is 31.4 Å². The fraction of sp³-hybridized carbons (Fsp3) is 0.0800. The molecule has 0 unspecified atom stereocenters. The van der Waals surface area contributed by atoms with Crippen LogP contribution in [0.5, 0.6) is 11.5 Å². The highest BCUT2D eigenvalue weighted by Gasteiger charge is 2.35. The minimum atomic E-state index is -0.606. The Hall–Kier alpha value is -2.89. The van der Waals surface area contributed by atoms with E-state index < -0.39 is 22.9 Å². The van der Waals surface area contributed by atoms with Crippen molar-refractivity contribution in [3.05, 3.63) is 96.7 Å². The van der Waals surface area contributed by atoms with Gasteiger partial charge in [-0.2, -0.15) is 0 Å². The molecule has 0 bridgehead atoms. The number of imide groups is 1. The number of ether oxygens (including phenoxy) is 2. The molecule has 4 rings (SSSR count).